The highest BCUT2D eigenvalue weighted by atomic mass is 35.5. The predicted octanol–water partition coefficient (Wildman–Crippen LogP) is 2.77. The molecule has 1 aromatic carbocycles. The summed E-state index contributed by atoms with van der Waals surface area (Å²) in [6.07, 6.45) is 6.48. The number of rotatable bonds is 5. The molecule has 26 heavy (non-hydrogen) atoms. The lowest BCUT2D eigenvalue weighted by Gasteiger charge is -2.06. The Labute approximate surface area is 157 Å². The number of benzene rings is 1. The Kier molecular flexibility index (Phi) is 4.36. The molecule has 0 unspecified atom stereocenters. The zero-order valence-electron chi connectivity index (χ0n) is 13.3. The Hall–Kier alpha value is -2.84. The molecule has 0 spiro atoms. The third kappa shape index (κ3) is 3.04. The minimum atomic E-state index is -0.161. The van der Waals surface area contributed by atoms with Crippen molar-refractivity contribution in [2.75, 3.05) is 0 Å². The summed E-state index contributed by atoms with van der Waals surface area (Å²) in [7, 11) is 0. The van der Waals surface area contributed by atoms with Gasteiger partial charge in [-0.05, 0) is 6.07 Å². The largest absolute Gasteiger partial charge is 0.355 e. The zero-order valence-corrected chi connectivity index (χ0v) is 14.8. The van der Waals surface area contributed by atoms with E-state index in [0.29, 0.717) is 16.6 Å². The Morgan fingerprint density at radius 1 is 1.23 bits per heavy atom. The van der Waals surface area contributed by atoms with Crippen molar-refractivity contribution in [1.82, 2.24) is 35.3 Å². The van der Waals surface area contributed by atoms with Gasteiger partial charge in [0.05, 0.1) is 28.3 Å². The van der Waals surface area contributed by atoms with Gasteiger partial charge in [0.15, 0.2) is 0 Å². The van der Waals surface area contributed by atoms with E-state index in [1.54, 1.807) is 23.0 Å². The van der Waals surface area contributed by atoms with E-state index < -0.39 is 0 Å². The van der Waals surface area contributed by atoms with Crippen molar-refractivity contribution in [3.63, 3.8) is 0 Å². The Morgan fingerprint density at radius 2 is 2.04 bits per heavy atom. The van der Waals surface area contributed by atoms with Gasteiger partial charge in [-0.15, -0.1) is 10.2 Å². The number of aromatic amines is 2. The van der Waals surface area contributed by atoms with Crippen LogP contribution in [0.5, 0.6) is 0 Å². The first-order chi connectivity index (χ1) is 12.6. The van der Waals surface area contributed by atoms with E-state index in [0.717, 1.165) is 27.7 Å². The van der Waals surface area contributed by atoms with Crippen LogP contribution in [0.15, 0.2) is 37.2 Å². The van der Waals surface area contributed by atoms with Crippen LogP contribution in [-0.4, -0.2) is 35.9 Å². The summed E-state index contributed by atoms with van der Waals surface area (Å²) < 4.78 is 1.59. The van der Waals surface area contributed by atoms with Crippen LogP contribution in [0.1, 0.15) is 5.69 Å². The molecule has 0 aliphatic rings. The maximum atomic E-state index is 12.2. The fourth-order valence-corrected chi connectivity index (χ4v) is 3.19. The molecule has 0 aliphatic carbocycles. The molecular weight excluding hydrogens is 377 g/mol. The molecule has 0 radical (unpaired) electrons. The molecule has 1 amide bonds. The first-order valence-electron chi connectivity index (χ1n) is 7.70. The maximum Gasteiger partial charge on any atom is 0.240 e. The molecule has 3 aromatic heterocycles. The molecule has 0 aliphatic heterocycles. The van der Waals surface area contributed by atoms with E-state index >= 15 is 0 Å². The topological polar surface area (TPSA) is 104 Å². The van der Waals surface area contributed by atoms with Crippen molar-refractivity contribution in [2.45, 2.75) is 13.1 Å². The van der Waals surface area contributed by atoms with Gasteiger partial charge >= 0.3 is 0 Å². The lowest BCUT2D eigenvalue weighted by Crippen LogP contribution is -2.27. The summed E-state index contributed by atoms with van der Waals surface area (Å²) >= 11 is 12.5. The van der Waals surface area contributed by atoms with Gasteiger partial charge in [0.1, 0.15) is 19.2 Å². The summed E-state index contributed by atoms with van der Waals surface area (Å²) in [6.45, 7) is 0.435. The van der Waals surface area contributed by atoms with Crippen LogP contribution in [0.4, 0.5) is 0 Å². The van der Waals surface area contributed by atoms with Crippen molar-refractivity contribution in [3.05, 3.63) is 52.9 Å². The van der Waals surface area contributed by atoms with E-state index in [4.69, 9.17) is 23.2 Å². The van der Waals surface area contributed by atoms with E-state index in [-0.39, 0.29) is 12.5 Å². The van der Waals surface area contributed by atoms with Crippen molar-refractivity contribution >= 4 is 40.0 Å². The maximum absolute atomic E-state index is 12.2. The fraction of sp³-hybridized carbons (Fsp3) is 0.125. The third-order valence-electron chi connectivity index (χ3n) is 3.98. The average Bonchev–Trinajstić information content (AvgIpc) is 3.36. The third-order valence-corrected chi connectivity index (χ3v) is 4.79. The number of nitrogens with zero attached hydrogens (tertiary/aromatic N) is 4. The number of fused-ring (bicyclic) bond motifs is 1. The number of carbonyl (C=O) groups is 1. The molecule has 10 heteroatoms. The molecule has 0 fully saturated rings. The standard InChI is InChI=1S/C16H13Cl2N7O/c17-11-2-1-10-14(9-3-20-21-4-9)12(24-16(10)15(11)18)5-19-13(26)6-25-7-22-23-8-25/h1-4,7-8,24H,5-6H2,(H,19,26)(H,20,21). The lowest BCUT2D eigenvalue weighted by molar-refractivity contribution is -0.121. The number of H-pyrrole nitrogens is 2. The quantitative estimate of drug-likeness (QED) is 0.487. The summed E-state index contributed by atoms with van der Waals surface area (Å²) in [6, 6.07) is 3.64. The van der Waals surface area contributed by atoms with Crippen LogP contribution in [0.25, 0.3) is 22.0 Å². The van der Waals surface area contributed by atoms with E-state index in [1.165, 1.54) is 12.7 Å². The SMILES string of the molecule is O=C(Cn1cnnc1)NCc1[nH]c2c(Cl)c(Cl)ccc2c1-c1cn[nH]c1. The van der Waals surface area contributed by atoms with Gasteiger partial charge in [-0.25, -0.2) is 0 Å². The van der Waals surface area contributed by atoms with Crippen molar-refractivity contribution in [2.24, 2.45) is 0 Å². The molecule has 0 atom stereocenters. The smallest absolute Gasteiger partial charge is 0.240 e. The van der Waals surface area contributed by atoms with Crippen LogP contribution in [0, 0.1) is 0 Å². The minimum Gasteiger partial charge on any atom is -0.355 e. The number of aromatic nitrogens is 6. The van der Waals surface area contributed by atoms with Gasteiger partial charge in [0.2, 0.25) is 5.91 Å². The Bertz CT molecular complexity index is 1050. The van der Waals surface area contributed by atoms with Gasteiger partial charge < -0.3 is 14.9 Å². The van der Waals surface area contributed by atoms with Gasteiger partial charge in [-0.1, -0.05) is 29.3 Å². The van der Waals surface area contributed by atoms with Crippen LogP contribution in [0.3, 0.4) is 0 Å². The molecule has 132 valence electrons. The Morgan fingerprint density at radius 3 is 2.77 bits per heavy atom. The zero-order chi connectivity index (χ0) is 18.1. The molecule has 4 aromatic rings. The van der Waals surface area contributed by atoms with Crippen LogP contribution in [-0.2, 0) is 17.9 Å². The second-order valence-electron chi connectivity index (χ2n) is 5.66. The summed E-state index contributed by atoms with van der Waals surface area (Å²) in [5.41, 5.74) is 3.33. The van der Waals surface area contributed by atoms with E-state index in [1.807, 2.05) is 6.07 Å². The normalized spacial score (nSPS) is 11.2. The minimum absolute atomic E-state index is 0.140. The lowest BCUT2D eigenvalue weighted by atomic mass is 10.1. The summed E-state index contributed by atoms with van der Waals surface area (Å²) in [5.74, 6) is -0.161. The van der Waals surface area contributed by atoms with Gasteiger partial charge in [-0.2, -0.15) is 5.10 Å². The van der Waals surface area contributed by atoms with Crippen molar-refractivity contribution in [3.8, 4) is 11.1 Å². The highest BCUT2D eigenvalue weighted by Gasteiger charge is 2.18. The van der Waals surface area contributed by atoms with Gasteiger partial charge in [-0.3, -0.25) is 9.89 Å². The molecule has 3 heterocycles. The van der Waals surface area contributed by atoms with Crippen LogP contribution < -0.4 is 5.32 Å². The monoisotopic (exact) mass is 389 g/mol. The fourth-order valence-electron chi connectivity index (χ4n) is 2.82. The second-order valence-corrected chi connectivity index (χ2v) is 6.45. The van der Waals surface area contributed by atoms with Crippen LogP contribution in [0.2, 0.25) is 10.0 Å². The van der Waals surface area contributed by atoms with Gasteiger partial charge in [0.25, 0.3) is 0 Å². The van der Waals surface area contributed by atoms with Gasteiger partial charge in [0, 0.05) is 28.4 Å². The molecule has 0 bridgehead atoms. The molecular formula is C16H13Cl2N7O. The van der Waals surface area contributed by atoms with E-state index in [9.17, 15) is 4.79 Å². The molecule has 3 N–H and O–H groups in total. The van der Waals surface area contributed by atoms with Crippen molar-refractivity contribution in [1.29, 1.82) is 0 Å². The average molecular weight is 390 g/mol. The second kappa shape index (κ2) is 6.81. The Balaban J connectivity index is 1.66. The van der Waals surface area contributed by atoms with Crippen molar-refractivity contribution < 1.29 is 4.79 Å². The first kappa shape index (κ1) is 16.6. The predicted molar refractivity (Wildman–Crippen MR) is 97.8 cm³/mol. The first-order valence-corrected chi connectivity index (χ1v) is 8.46. The number of amides is 1. The molecule has 4 rings (SSSR count). The number of carbonyl (C=O) groups excluding carboxylic acids is 1. The highest BCUT2D eigenvalue weighted by Crippen LogP contribution is 2.38. The number of nitrogens with one attached hydrogen (secondary N) is 3. The molecule has 0 saturated carbocycles. The number of hydrogen-bond donors (Lipinski definition) is 3. The van der Waals surface area contributed by atoms with Crippen LogP contribution >= 0.6 is 23.2 Å². The molecule has 0 saturated heterocycles. The summed E-state index contributed by atoms with van der Waals surface area (Å²) in [4.78, 5) is 15.4. The molecule has 8 nitrogen and oxygen atoms in total. The summed E-state index contributed by atoms with van der Waals surface area (Å²) in [5, 5.41) is 18.9. The number of hydrogen-bond acceptors (Lipinski definition) is 4. The van der Waals surface area contributed by atoms with E-state index in [2.05, 4.69) is 30.7 Å². The highest BCUT2D eigenvalue weighted by molar-refractivity contribution is 6.45. The number of halogens is 2.